The number of benzene rings is 7. The molecule has 3 aromatic heterocycles. The fourth-order valence-electron chi connectivity index (χ4n) is 6.94. The summed E-state index contributed by atoms with van der Waals surface area (Å²) >= 11 is 0. The third-order valence-corrected chi connectivity index (χ3v) is 8.98. The molecule has 10 rings (SSSR count). The van der Waals surface area contributed by atoms with E-state index in [-0.39, 0.29) is 0 Å². The van der Waals surface area contributed by atoms with E-state index < -0.39 is 0 Å². The second-order valence-corrected chi connectivity index (χ2v) is 11.3. The van der Waals surface area contributed by atoms with E-state index in [4.69, 9.17) is 8.83 Å². The number of para-hydroxylation sites is 2. The lowest BCUT2D eigenvalue weighted by atomic mass is 9.99. The first-order chi connectivity index (χ1) is 21.3. The topological polar surface area (TPSA) is 31.2 Å². The van der Waals surface area contributed by atoms with Gasteiger partial charge in [0, 0.05) is 38.0 Å². The molecule has 10 aromatic rings. The van der Waals surface area contributed by atoms with E-state index in [0.717, 1.165) is 49.6 Å². The van der Waals surface area contributed by atoms with Crippen LogP contribution in [0, 0.1) is 0 Å². The van der Waals surface area contributed by atoms with Gasteiger partial charge in [0.2, 0.25) is 0 Å². The summed E-state index contributed by atoms with van der Waals surface area (Å²) in [6.07, 6.45) is 0. The van der Waals surface area contributed by atoms with Gasteiger partial charge in [-0.2, -0.15) is 0 Å². The predicted octanol–water partition coefficient (Wildman–Crippen LogP) is 11.4. The summed E-state index contributed by atoms with van der Waals surface area (Å²) in [6, 6.07) is 49.6. The van der Waals surface area contributed by atoms with Crippen LogP contribution in [-0.4, -0.2) is 4.57 Å². The minimum atomic E-state index is 0.787. The standard InChI is InChI=1S/C40H23NO2/c1-2-8-25-21-26(14-13-24(25)7-1)27-15-19-37-33(22-27)31-17-18-32-34-23-28(16-20-38(34)43-40(32)39(31)42-37)41-35-11-5-3-9-29(35)30-10-4-6-12-36(30)41/h1-23H. The highest BCUT2D eigenvalue weighted by atomic mass is 16.4. The van der Waals surface area contributed by atoms with Crippen LogP contribution in [0.2, 0.25) is 0 Å². The Balaban J connectivity index is 1.17. The van der Waals surface area contributed by atoms with Gasteiger partial charge >= 0.3 is 0 Å². The fraction of sp³-hybridized carbons (Fsp3) is 0. The lowest BCUT2D eigenvalue weighted by Crippen LogP contribution is -1.93. The first kappa shape index (κ1) is 22.8. The molecule has 3 heteroatoms. The normalized spacial score (nSPS) is 12.2. The molecule has 0 saturated carbocycles. The highest BCUT2D eigenvalue weighted by Crippen LogP contribution is 2.41. The van der Waals surface area contributed by atoms with E-state index in [1.54, 1.807) is 0 Å². The van der Waals surface area contributed by atoms with Crippen LogP contribution in [0.5, 0.6) is 0 Å². The summed E-state index contributed by atoms with van der Waals surface area (Å²) in [6.45, 7) is 0. The maximum absolute atomic E-state index is 6.50. The Morgan fingerprint density at radius 2 is 0.930 bits per heavy atom. The summed E-state index contributed by atoms with van der Waals surface area (Å²) in [4.78, 5) is 0. The first-order valence-electron chi connectivity index (χ1n) is 14.6. The van der Waals surface area contributed by atoms with Crippen LogP contribution < -0.4 is 0 Å². The van der Waals surface area contributed by atoms with Gasteiger partial charge in [-0.25, -0.2) is 0 Å². The molecule has 0 aliphatic rings. The summed E-state index contributed by atoms with van der Waals surface area (Å²) in [5.74, 6) is 0. The van der Waals surface area contributed by atoms with Crippen molar-refractivity contribution >= 4 is 76.5 Å². The number of aromatic nitrogens is 1. The average molecular weight is 550 g/mol. The molecule has 0 aliphatic carbocycles. The summed E-state index contributed by atoms with van der Waals surface area (Å²) in [5.41, 5.74) is 9.14. The minimum Gasteiger partial charge on any atom is -0.452 e. The van der Waals surface area contributed by atoms with Crippen molar-refractivity contribution < 1.29 is 8.83 Å². The largest absolute Gasteiger partial charge is 0.452 e. The summed E-state index contributed by atoms with van der Waals surface area (Å²) < 4.78 is 15.3. The van der Waals surface area contributed by atoms with Crippen molar-refractivity contribution in [2.75, 3.05) is 0 Å². The van der Waals surface area contributed by atoms with E-state index in [2.05, 4.69) is 144 Å². The Hall–Kier alpha value is -5.80. The lowest BCUT2D eigenvalue weighted by Gasteiger charge is -2.07. The van der Waals surface area contributed by atoms with Crippen molar-refractivity contribution in [2.24, 2.45) is 0 Å². The zero-order valence-electron chi connectivity index (χ0n) is 23.0. The van der Waals surface area contributed by atoms with Gasteiger partial charge in [0.25, 0.3) is 0 Å². The molecule has 0 bridgehead atoms. The molecule has 3 nitrogen and oxygen atoms in total. The van der Waals surface area contributed by atoms with E-state index >= 15 is 0 Å². The molecule has 0 radical (unpaired) electrons. The Labute approximate surface area is 245 Å². The molecule has 0 fully saturated rings. The highest BCUT2D eigenvalue weighted by molar-refractivity contribution is 6.19. The van der Waals surface area contributed by atoms with Crippen molar-refractivity contribution in [3.8, 4) is 16.8 Å². The molecule has 0 spiro atoms. The van der Waals surface area contributed by atoms with Crippen LogP contribution >= 0.6 is 0 Å². The van der Waals surface area contributed by atoms with Crippen LogP contribution in [-0.2, 0) is 0 Å². The maximum atomic E-state index is 6.50. The van der Waals surface area contributed by atoms with Crippen LogP contribution in [0.25, 0.3) is 93.3 Å². The van der Waals surface area contributed by atoms with Gasteiger partial charge in [-0.05, 0) is 82.6 Å². The zero-order valence-corrected chi connectivity index (χ0v) is 23.0. The third-order valence-electron chi connectivity index (χ3n) is 8.98. The van der Waals surface area contributed by atoms with Crippen LogP contribution in [0.4, 0.5) is 0 Å². The smallest absolute Gasteiger partial charge is 0.178 e. The second-order valence-electron chi connectivity index (χ2n) is 11.3. The predicted molar refractivity (Wildman–Crippen MR) is 178 cm³/mol. The van der Waals surface area contributed by atoms with Crippen LogP contribution in [0.3, 0.4) is 0 Å². The molecule has 0 amide bonds. The molecule has 200 valence electrons. The van der Waals surface area contributed by atoms with Gasteiger partial charge in [-0.3, -0.25) is 0 Å². The molecule has 0 saturated heterocycles. The van der Waals surface area contributed by atoms with Crippen LogP contribution in [0.1, 0.15) is 0 Å². The summed E-state index contributed by atoms with van der Waals surface area (Å²) in [5, 5.41) is 9.27. The van der Waals surface area contributed by atoms with Gasteiger partial charge in [0.05, 0.1) is 11.0 Å². The molecule has 0 aliphatic heterocycles. The number of hydrogen-bond donors (Lipinski definition) is 0. The van der Waals surface area contributed by atoms with Gasteiger partial charge in [-0.15, -0.1) is 0 Å². The van der Waals surface area contributed by atoms with E-state index in [0.29, 0.717) is 0 Å². The quantitative estimate of drug-likeness (QED) is 0.215. The second kappa shape index (κ2) is 8.37. The molecule has 43 heavy (non-hydrogen) atoms. The lowest BCUT2D eigenvalue weighted by molar-refractivity contribution is 0.633. The molecule has 0 N–H and O–H groups in total. The monoisotopic (exact) mass is 549 g/mol. The third kappa shape index (κ3) is 3.19. The van der Waals surface area contributed by atoms with Crippen molar-refractivity contribution in [1.82, 2.24) is 4.57 Å². The maximum Gasteiger partial charge on any atom is 0.178 e. The van der Waals surface area contributed by atoms with Gasteiger partial charge in [0.1, 0.15) is 11.2 Å². The summed E-state index contributed by atoms with van der Waals surface area (Å²) in [7, 11) is 0. The van der Waals surface area contributed by atoms with E-state index in [1.807, 2.05) is 0 Å². The van der Waals surface area contributed by atoms with Crippen molar-refractivity contribution in [3.63, 3.8) is 0 Å². The Morgan fingerprint density at radius 1 is 0.372 bits per heavy atom. The van der Waals surface area contributed by atoms with E-state index in [1.165, 1.54) is 43.7 Å². The molecular formula is C40H23NO2. The first-order valence-corrected chi connectivity index (χ1v) is 14.6. The minimum absolute atomic E-state index is 0.787. The number of hydrogen-bond acceptors (Lipinski definition) is 2. The SMILES string of the molecule is c1ccc2cc(-c3ccc4oc5c(ccc6c7cc(-n8c9ccccc9c9ccccc98)ccc7oc65)c4c3)ccc2c1. The number of nitrogens with zero attached hydrogens (tertiary/aromatic N) is 1. The van der Waals surface area contributed by atoms with Gasteiger partial charge in [-0.1, -0.05) is 78.9 Å². The molecule has 7 aromatic carbocycles. The Bertz CT molecular complexity index is 2680. The van der Waals surface area contributed by atoms with Crippen molar-refractivity contribution in [1.29, 1.82) is 0 Å². The number of rotatable bonds is 2. The van der Waals surface area contributed by atoms with Crippen molar-refractivity contribution in [3.05, 3.63) is 140 Å². The van der Waals surface area contributed by atoms with Crippen molar-refractivity contribution in [2.45, 2.75) is 0 Å². The van der Waals surface area contributed by atoms with Gasteiger partial charge in [0.15, 0.2) is 11.2 Å². The van der Waals surface area contributed by atoms with E-state index in [9.17, 15) is 0 Å². The molecule has 3 heterocycles. The zero-order chi connectivity index (χ0) is 28.1. The Morgan fingerprint density at radius 3 is 1.65 bits per heavy atom. The average Bonchev–Trinajstić information content (AvgIpc) is 3.73. The Kier molecular flexibility index (Phi) is 4.45. The number of fused-ring (bicyclic) bond motifs is 11. The number of furan rings is 2. The van der Waals surface area contributed by atoms with Crippen LogP contribution in [0.15, 0.2) is 148 Å². The highest BCUT2D eigenvalue weighted by Gasteiger charge is 2.18. The molecule has 0 atom stereocenters. The fourth-order valence-corrected chi connectivity index (χ4v) is 6.94. The van der Waals surface area contributed by atoms with Gasteiger partial charge < -0.3 is 13.4 Å². The molecular weight excluding hydrogens is 526 g/mol. The molecule has 0 unspecified atom stereocenters.